The molecule has 1 aliphatic carbocycles. The quantitative estimate of drug-likeness (QED) is 0.736. The number of rotatable bonds is 7. The molecule has 0 spiro atoms. The maximum absolute atomic E-state index is 10.3. The minimum atomic E-state index is -1.07. The van der Waals surface area contributed by atoms with E-state index in [2.05, 4.69) is 31.0 Å². The highest BCUT2D eigenvalue weighted by molar-refractivity contribution is 8.18. The molecule has 25 heavy (non-hydrogen) atoms. The molecule has 2 N–H and O–H groups in total. The van der Waals surface area contributed by atoms with Gasteiger partial charge in [0.2, 0.25) is 0 Å². The molecule has 3 atom stereocenters. The number of nitriles is 2. The summed E-state index contributed by atoms with van der Waals surface area (Å²) in [6.45, 7) is 4.21. The SMILES string of the molecule is CCCSC1(SCCC)N=C(N)C2(C#N)C(c3ccccn3)C12C#N. The second kappa shape index (κ2) is 6.55. The van der Waals surface area contributed by atoms with E-state index >= 15 is 0 Å². The second-order valence-electron chi connectivity index (χ2n) is 6.30. The molecular formula is C18H21N5S2. The van der Waals surface area contributed by atoms with Crippen molar-refractivity contribution in [3.8, 4) is 12.1 Å². The van der Waals surface area contributed by atoms with Gasteiger partial charge >= 0.3 is 0 Å². The number of aromatic nitrogens is 1. The average molecular weight is 372 g/mol. The Bertz CT molecular complexity index is 758. The summed E-state index contributed by atoms with van der Waals surface area (Å²) in [5.74, 6) is 1.70. The number of thioether (sulfide) groups is 2. The van der Waals surface area contributed by atoms with Crippen LogP contribution in [0.1, 0.15) is 38.3 Å². The highest BCUT2D eigenvalue weighted by atomic mass is 32.2. The number of fused-ring (bicyclic) bond motifs is 1. The van der Waals surface area contributed by atoms with E-state index in [1.807, 2.05) is 18.2 Å². The van der Waals surface area contributed by atoms with Crippen molar-refractivity contribution in [2.24, 2.45) is 21.6 Å². The summed E-state index contributed by atoms with van der Waals surface area (Å²) >= 11 is 3.31. The predicted molar refractivity (Wildman–Crippen MR) is 103 cm³/mol. The summed E-state index contributed by atoms with van der Waals surface area (Å²) in [5.41, 5.74) is 5.01. The van der Waals surface area contributed by atoms with Crippen LogP contribution in [-0.4, -0.2) is 26.5 Å². The van der Waals surface area contributed by atoms with Crippen LogP contribution in [0.15, 0.2) is 29.4 Å². The van der Waals surface area contributed by atoms with Gasteiger partial charge in [-0.3, -0.25) is 4.98 Å². The van der Waals surface area contributed by atoms with Gasteiger partial charge < -0.3 is 5.73 Å². The zero-order chi connectivity index (χ0) is 18.1. The van der Waals surface area contributed by atoms with E-state index in [9.17, 15) is 10.5 Å². The summed E-state index contributed by atoms with van der Waals surface area (Å²) in [7, 11) is 0. The van der Waals surface area contributed by atoms with Crippen molar-refractivity contribution in [1.29, 1.82) is 10.5 Å². The monoisotopic (exact) mass is 371 g/mol. The second-order valence-corrected chi connectivity index (χ2v) is 9.14. The highest BCUT2D eigenvalue weighted by Gasteiger charge is 2.92. The van der Waals surface area contributed by atoms with Gasteiger partial charge in [-0.25, -0.2) is 4.99 Å². The Morgan fingerprint density at radius 3 is 2.32 bits per heavy atom. The Labute approximate surface area is 157 Å². The first kappa shape index (κ1) is 18.1. The Kier molecular flexibility index (Phi) is 4.74. The Balaban J connectivity index is 2.16. The summed E-state index contributed by atoms with van der Waals surface area (Å²) in [6, 6.07) is 10.5. The number of pyridine rings is 1. The molecule has 5 nitrogen and oxygen atoms in total. The average Bonchev–Trinajstić information content (AvgIpc) is 3.23. The van der Waals surface area contributed by atoms with Crippen LogP contribution in [0, 0.1) is 33.5 Å². The van der Waals surface area contributed by atoms with Gasteiger partial charge in [0.15, 0.2) is 4.20 Å². The molecule has 1 aromatic heterocycles. The third kappa shape index (κ3) is 2.16. The van der Waals surface area contributed by atoms with E-state index in [0.717, 1.165) is 30.0 Å². The van der Waals surface area contributed by atoms with Crippen LogP contribution in [0.3, 0.4) is 0 Å². The van der Waals surface area contributed by atoms with Gasteiger partial charge in [-0.1, -0.05) is 19.9 Å². The molecular weight excluding hydrogens is 350 g/mol. The molecule has 1 aromatic rings. The van der Waals surface area contributed by atoms with E-state index in [4.69, 9.17) is 10.7 Å². The van der Waals surface area contributed by atoms with Crippen molar-refractivity contribution < 1.29 is 0 Å². The Morgan fingerprint density at radius 2 is 1.84 bits per heavy atom. The lowest BCUT2D eigenvalue weighted by Crippen LogP contribution is -2.32. The van der Waals surface area contributed by atoms with Gasteiger partial charge in [-0.05, 0) is 36.5 Å². The van der Waals surface area contributed by atoms with Gasteiger partial charge in [0.1, 0.15) is 16.7 Å². The van der Waals surface area contributed by atoms with Gasteiger partial charge in [-0.2, -0.15) is 10.5 Å². The van der Waals surface area contributed by atoms with Gasteiger partial charge in [0, 0.05) is 11.9 Å². The molecule has 0 amide bonds. The van der Waals surface area contributed by atoms with Crippen LogP contribution in [-0.2, 0) is 0 Å². The van der Waals surface area contributed by atoms with Crippen molar-refractivity contribution in [3.63, 3.8) is 0 Å². The van der Waals surface area contributed by atoms with E-state index in [1.54, 1.807) is 29.7 Å². The van der Waals surface area contributed by atoms with Gasteiger partial charge in [0.25, 0.3) is 0 Å². The maximum atomic E-state index is 10.3. The first-order chi connectivity index (χ1) is 12.1. The van der Waals surface area contributed by atoms with Crippen molar-refractivity contribution in [2.45, 2.75) is 36.8 Å². The van der Waals surface area contributed by atoms with Crippen molar-refractivity contribution in [1.82, 2.24) is 4.98 Å². The standard InChI is InChI=1S/C18H21N5S2/c1-3-9-24-18(25-10-4-2)17(12-20)14(13-7-5-6-8-22-13)16(17,11-19)15(21)23-18/h5-8,14H,3-4,9-10H2,1-2H3,(H2,21,23). The maximum Gasteiger partial charge on any atom is 0.175 e. The summed E-state index contributed by atoms with van der Waals surface area (Å²) in [4.78, 5) is 9.17. The van der Waals surface area contributed by atoms with E-state index in [-0.39, 0.29) is 5.92 Å². The number of amidine groups is 1. The molecule has 7 heteroatoms. The number of aliphatic imine (C=N–C) groups is 1. The van der Waals surface area contributed by atoms with E-state index < -0.39 is 15.0 Å². The van der Waals surface area contributed by atoms with Crippen LogP contribution in [0.5, 0.6) is 0 Å². The van der Waals surface area contributed by atoms with Crippen molar-refractivity contribution in [2.75, 3.05) is 11.5 Å². The van der Waals surface area contributed by atoms with Gasteiger partial charge in [0.05, 0.1) is 18.1 Å². The zero-order valence-electron chi connectivity index (χ0n) is 14.4. The summed E-state index contributed by atoms with van der Waals surface area (Å²) in [5, 5.41) is 20.3. The smallest absolute Gasteiger partial charge is 0.175 e. The first-order valence-corrected chi connectivity index (χ1v) is 10.4. The van der Waals surface area contributed by atoms with Crippen LogP contribution < -0.4 is 5.73 Å². The molecule has 3 unspecified atom stereocenters. The summed E-state index contributed by atoms with van der Waals surface area (Å²) < 4.78 is -0.740. The molecule has 130 valence electrons. The van der Waals surface area contributed by atoms with Gasteiger partial charge in [-0.15, -0.1) is 23.5 Å². The first-order valence-electron chi connectivity index (χ1n) is 8.47. The fourth-order valence-electron chi connectivity index (χ4n) is 3.83. The van der Waals surface area contributed by atoms with E-state index in [1.165, 1.54) is 0 Å². The minimum absolute atomic E-state index is 0.291. The Morgan fingerprint density at radius 1 is 1.16 bits per heavy atom. The lowest BCUT2D eigenvalue weighted by atomic mass is 9.97. The van der Waals surface area contributed by atoms with Crippen LogP contribution in [0.4, 0.5) is 0 Å². The normalized spacial score (nSPS) is 31.5. The van der Waals surface area contributed by atoms with E-state index in [0.29, 0.717) is 5.84 Å². The van der Waals surface area contributed by atoms with Crippen molar-refractivity contribution >= 4 is 29.4 Å². The van der Waals surface area contributed by atoms with Crippen LogP contribution >= 0.6 is 23.5 Å². The minimum Gasteiger partial charge on any atom is -0.386 e. The molecule has 0 bridgehead atoms. The predicted octanol–water partition coefficient (Wildman–Crippen LogP) is 3.51. The molecule has 1 saturated carbocycles. The molecule has 1 fully saturated rings. The largest absolute Gasteiger partial charge is 0.386 e. The molecule has 2 heterocycles. The van der Waals surface area contributed by atoms with Crippen molar-refractivity contribution in [3.05, 3.63) is 30.1 Å². The molecule has 1 aliphatic heterocycles. The Hall–Kier alpha value is -1.70. The third-order valence-corrected chi connectivity index (χ3v) is 8.46. The number of nitrogens with two attached hydrogens (primary N) is 1. The highest BCUT2D eigenvalue weighted by Crippen LogP contribution is 2.85. The number of hydrogen-bond donors (Lipinski definition) is 1. The fraction of sp³-hybridized carbons (Fsp3) is 0.556. The third-order valence-electron chi connectivity index (χ3n) is 4.91. The zero-order valence-corrected chi connectivity index (χ0v) is 16.0. The molecule has 0 radical (unpaired) electrons. The molecule has 3 rings (SSSR count). The van der Waals surface area contributed by atoms with Crippen LogP contribution in [0.25, 0.3) is 0 Å². The molecule has 0 saturated heterocycles. The summed E-state index contributed by atoms with van der Waals surface area (Å²) in [6.07, 6.45) is 3.65. The molecule has 0 aromatic carbocycles. The molecule has 2 aliphatic rings. The number of nitrogens with zero attached hydrogens (tertiary/aromatic N) is 4. The number of hydrogen-bond acceptors (Lipinski definition) is 7. The fourth-order valence-corrected chi connectivity index (χ4v) is 7.05. The lowest BCUT2D eigenvalue weighted by molar-refractivity contribution is 0.561. The van der Waals surface area contributed by atoms with Crippen LogP contribution in [0.2, 0.25) is 0 Å². The topological polar surface area (TPSA) is 98.8 Å². The lowest BCUT2D eigenvalue weighted by Gasteiger charge is -2.31.